The molecule has 0 aliphatic carbocycles. The standard InChI is InChI=1S/C20H22FN3O3/c1-14(2)11-22-19(25)20(26)24-23-12-16-5-3-4-6-18(16)27-13-15-7-9-17(21)10-8-15/h3-10,12,14H,11,13H2,1-2H3,(H,22,25)(H,24,26)/b23-12-. The third-order valence-corrected chi connectivity index (χ3v) is 3.47. The fraction of sp³-hybridized carbons (Fsp3) is 0.250. The quantitative estimate of drug-likeness (QED) is 0.446. The molecule has 0 aliphatic rings. The molecule has 0 saturated heterocycles. The van der Waals surface area contributed by atoms with E-state index in [2.05, 4.69) is 15.8 Å². The number of carbonyl (C=O) groups is 2. The van der Waals surface area contributed by atoms with Gasteiger partial charge in [0.2, 0.25) is 0 Å². The Hall–Kier alpha value is -3.22. The van der Waals surface area contributed by atoms with Crippen LogP contribution in [0.1, 0.15) is 25.0 Å². The fourth-order valence-corrected chi connectivity index (χ4v) is 2.05. The molecule has 7 heteroatoms. The highest BCUT2D eigenvalue weighted by atomic mass is 19.1. The molecule has 0 spiro atoms. The van der Waals surface area contributed by atoms with Crippen molar-refractivity contribution in [2.75, 3.05) is 6.54 Å². The van der Waals surface area contributed by atoms with E-state index in [0.717, 1.165) is 5.56 Å². The van der Waals surface area contributed by atoms with Crippen LogP contribution in [0.15, 0.2) is 53.6 Å². The Morgan fingerprint density at radius 2 is 1.81 bits per heavy atom. The first-order valence-corrected chi connectivity index (χ1v) is 8.53. The third kappa shape index (κ3) is 6.89. The van der Waals surface area contributed by atoms with Gasteiger partial charge in [-0.15, -0.1) is 0 Å². The second-order valence-electron chi connectivity index (χ2n) is 6.26. The summed E-state index contributed by atoms with van der Waals surface area (Å²) in [5, 5.41) is 6.31. The zero-order chi connectivity index (χ0) is 19.6. The number of amides is 2. The van der Waals surface area contributed by atoms with Gasteiger partial charge in [-0.05, 0) is 35.7 Å². The normalized spacial score (nSPS) is 10.8. The van der Waals surface area contributed by atoms with Gasteiger partial charge in [-0.25, -0.2) is 9.82 Å². The van der Waals surface area contributed by atoms with Crippen molar-refractivity contribution in [3.63, 3.8) is 0 Å². The van der Waals surface area contributed by atoms with Crippen LogP contribution < -0.4 is 15.5 Å². The summed E-state index contributed by atoms with van der Waals surface area (Å²) in [6.45, 7) is 4.53. The van der Waals surface area contributed by atoms with E-state index in [-0.39, 0.29) is 18.3 Å². The summed E-state index contributed by atoms with van der Waals surface area (Å²) in [6.07, 6.45) is 1.40. The Morgan fingerprint density at radius 3 is 2.52 bits per heavy atom. The molecular weight excluding hydrogens is 349 g/mol. The van der Waals surface area contributed by atoms with Crippen LogP contribution in [0.2, 0.25) is 0 Å². The van der Waals surface area contributed by atoms with E-state index in [0.29, 0.717) is 17.9 Å². The van der Waals surface area contributed by atoms with Crippen LogP contribution in [-0.4, -0.2) is 24.6 Å². The molecule has 0 heterocycles. The lowest BCUT2D eigenvalue weighted by Gasteiger charge is -2.09. The van der Waals surface area contributed by atoms with Crippen LogP contribution in [0.3, 0.4) is 0 Å². The van der Waals surface area contributed by atoms with Crippen molar-refractivity contribution in [1.82, 2.24) is 10.7 Å². The SMILES string of the molecule is CC(C)CNC(=O)C(=O)N/N=C\c1ccccc1OCc1ccc(F)cc1. The van der Waals surface area contributed by atoms with Crippen molar-refractivity contribution in [2.45, 2.75) is 20.5 Å². The minimum absolute atomic E-state index is 0.246. The first-order valence-electron chi connectivity index (χ1n) is 8.53. The van der Waals surface area contributed by atoms with Crippen molar-refractivity contribution < 1.29 is 18.7 Å². The molecule has 0 unspecified atom stereocenters. The molecule has 0 saturated carbocycles. The van der Waals surface area contributed by atoms with Gasteiger partial charge in [0, 0.05) is 12.1 Å². The highest BCUT2D eigenvalue weighted by Crippen LogP contribution is 2.17. The van der Waals surface area contributed by atoms with Gasteiger partial charge < -0.3 is 10.1 Å². The van der Waals surface area contributed by atoms with E-state index < -0.39 is 11.8 Å². The summed E-state index contributed by atoms with van der Waals surface area (Å²) < 4.78 is 18.7. The van der Waals surface area contributed by atoms with Crippen molar-refractivity contribution in [3.05, 3.63) is 65.5 Å². The van der Waals surface area contributed by atoms with Crippen LogP contribution in [0.25, 0.3) is 0 Å². The van der Waals surface area contributed by atoms with Gasteiger partial charge >= 0.3 is 11.8 Å². The van der Waals surface area contributed by atoms with Crippen molar-refractivity contribution in [3.8, 4) is 5.75 Å². The predicted molar refractivity (Wildman–Crippen MR) is 101 cm³/mol. The van der Waals surface area contributed by atoms with Gasteiger partial charge in [-0.3, -0.25) is 9.59 Å². The number of rotatable bonds is 7. The topological polar surface area (TPSA) is 79.8 Å². The molecule has 27 heavy (non-hydrogen) atoms. The number of hydrazone groups is 1. The second-order valence-corrected chi connectivity index (χ2v) is 6.26. The number of nitrogens with zero attached hydrogens (tertiary/aromatic N) is 1. The van der Waals surface area contributed by atoms with Gasteiger partial charge in [-0.2, -0.15) is 5.10 Å². The van der Waals surface area contributed by atoms with Crippen molar-refractivity contribution in [2.24, 2.45) is 11.0 Å². The lowest BCUT2D eigenvalue weighted by molar-refractivity contribution is -0.139. The summed E-state index contributed by atoms with van der Waals surface area (Å²) >= 11 is 0. The molecule has 2 rings (SSSR count). The summed E-state index contributed by atoms with van der Waals surface area (Å²) in [4.78, 5) is 23.3. The largest absolute Gasteiger partial charge is 0.488 e. The first-order chi connectivity index (χ1) is 13.0. The number of nitrogens with one attached hydrogen (secondary N) is 2. The highest BCUT2D eigenvalue weighted by Gasteiger charge is 2.12. The first kappa shape index (κ1) is 20.1. The lowest BCUT2D eigenvalue weighted by atomic mass is 10.2. The van der Waals surface area contributed by atoms with Crippen LogP contribution in [-0.2, 0) is 16.2 Å². The molecule has 0 atom stereocenters. The summed E-state index contributed by atoms with van der Waals surface area (Å²) in [5.41, 5.74) is 3.63. The number of ether oxygens (including phenoxy) is 1. The van der Waals surface area contributed by atoms with Crippen LogP contribution >= 0.6 is 0 Å². The molecule has 2 aromatic carbocycles. The molecule has 0 fully saturated rings. The molecule has 0 bridgehead atoms. The Bertz CT molecular complexity index is 804. The molecule has 0 aromatic heterocycles. The van der Waals surface area contributed by atoms with Gasteiger partial charge in [-0.1, -0.05) is 38.1 Å². The smallest absolute Gasteiger partial charge is 0.329 e. The minimum atomic E-state index is -0.836. The monoisotopic (exact) mass is 371 g/mol. The van der Waals surface area contributed by atoms with Crippen LogP contribution in [0.4, 0.5) is 4.39 Å². The number of carbonyl (C=O) groups excluding carboxylic acids is 2. The van der Waals surface area contributed by atoms with Gasteiger partial charge in [0.25, 0.3) is 0 Å². The predicted octanol–water partition coefficient (Wildman–Crippen LogP) is 2.63. The Morgan fingerprint density at radius 1 is 1.11 bits per heavy atom. The average molecular weight is 371 g/mol. The number of hydrogen-bond donors (Lipinski definition) is 2. The molecule has 2 N–H and O–H groups in total. The number of para-hydroxylation sites is 1. The van der Waals surface area contributed by atoms with E-state index in [4.69, 9.17) is 4.74 Å². The molecule has 0 aliphatic heterocycles. The molecule has 0 radical (unpaired) electrons. The van der Waals surface area contributed by atoms with E-state index in [1.165, 1.54) is 18.3 Å². The zero-order valence-corrected chi connectivity index (χ0v) is 15.2. The summed E-state index contributed by atoms with van der Waals surface area (Å²) in [7, 11) is 0. The average Bonchev–Trinajstić information content (AvgIpc) is 2.66. The molecule has 6 nitrogen and oxygen atoms in total. The molecular formula is C20H22FN3O3. The summed E-state index contributed by atoms with van der Waals surface area (Å²) in [6, 6.07) is 13.1. The maximum absolute atomic E-state index is 12.9. The van der Waals surface area contributed by atoms with Gasteiger partial charge in [0.1, 0.15) is 18.2 Å². The Balaban J connectivity index is 1.92. The van der Waals surface area contributed by atoms with Crippen LogP contribution in [0.5, 0.6) is 5.75 Å². The van der Waals surface area contributed by atoms with Crippen molar-refractivity contribution in [1.29, 1.82) is 0 Å². The zero-order valence-electron chi connectivity index (χ0n) is 15.2. The van der Waals surface area contributed by atoms with Gasteiger partial charge in [0.05, 0.1) is 6.21 Å². The van der Waals surface area contributed by atoms with E-state index in [1.54, 1.807) is 36.4 Å². The Kier molecular flexibility index (Phi) is 7.49. The second kappa shape index (κ2) is 10.1. The molecule has 142 valence electrons. The number of benzene rings is 2. The minimum Gasteiger partial charge on any atom is -0.488 e. The summed E-state index contributed by atoms with van der Waals surface area (Å²) in [5.74, 6) is -1.09. The third-order valence-electron chi connectivity index (χ3n) is 3.47. The Labute approximate surface area is 157 Å². The number of halogens is 1. The maximum Gasteiger partial charge on any atom is 0.329 e. The number of hydrogen-bond acceptors (Lipinski definition) is 4. The molecule has 2 amide bonds. The fourth-order valence-electron chi connectivity index (χ4n) is 2.05. The highest BCUT2D eigenvalue weighted by molar-refractivity contribution is 6.35. The van der Waals surface area contributed by atoms with Crippen LogP contribution in [0, 0.1) is 11.7 Å². The van der Waals surface area contributed by atoms with Crippen molar-refractivity contribution >= 4 is 18.0 Å². The van der Waals surface area contributed by atoms with E-state index in [1.807, 2.05) is 13.8 Å². The lowest BCUT2D eigenvalue weighted by Crippen LogP contribution is -2.39. The van der Waals surface area contributed by atoms with Gasteiger partial charge in [0.15, 0.2) is 0 Å². The van der Waals surface area contributed by atoms with E-state index in [9.17, 15) is 14.0 Å². The maximum atomic E-state index is 12.9. The van der Waals surface area contributed by atoms with E-state index >= 15 is 0 Å². The molecule has 2 aromatic rings.